The lowest BCUT2D eigenvalue weighted by atomic mass is 10.1. The number of rotatable bonds is 6. The topological polar surface area (TPSA) is 156 Å². The third-order valence-corrected chi connectivity index (χ3v) is 6.47. The molecule has 0 saturated carbocycles. The van der Waals surface area contributed by atoms with Crippen molar-refractivity contribution in [2.24, 2.45) is 0 Å². The Hall–Kier alpha value is -4.11. The predicted molar refractivity (Wildman–Crippen MR) is 118 cm³/mol. The van der Waals surface area contributed by atoms with E-state index in [9.17, 15) is 54.9 Å². The maximum atomic E-state index is 13.2. The van der Waals surface area contributed by atoms with Gasteiger partial charge in [-0.25, -0.2) is 4.98 Å². The van der Waals surface area contributed by atoms with Gasteiger partial charge in [0.25, 0.3) is 11.2 Å². The standard InChI is InChI=1S/C20H10F6N4O6S2/c1-37-18-28-16(14(8-27)17(31)29-18)13-7-11(30(32)33)2-3-15(13)36-38(34,35)12-5-9(19(21,22)23)4-10(6-12)20(24,25)26/h2-7H,1H3,(H,28,29,31). The van der Waals surface area contributed by atoms with E-state index in [1.54, 1.807) is 0 Å². The largest absolute Gasteiger partial charge is 0.416 e. The van der Waals surface area contributed by atoms with E-state index in [1.807, 2.05) is 0 Å². The van der Waals surface area contributed by atoms with Crippen molar-refractivity contribution in [3.63, 3.8) is 0 Å². The number of H-pyrrole nitrogens is 1. The number of hydrogen-bond donors (Lipinski definition) is 1. The number of non-ortho nitro benzene ring substituents is 1. The van der Waals surface area contributed by atoms with Gasteiger partial charge in [0.2, 0.25) is 0 Å². The number of benzene rings is 2. The number of nitrogens with one attached hydrogen (secondary N) is 1. The monoisotopic (exact) mass is 580 g/mol. The molecule has 3 rings (SSSR count). The number of aromatic nitrogens is 2. The van der Waals surface area contributed by atoms with E-state index in [4.69, 9.17) is 4.18 Å². The van der Waals surface area contributed by atoms with Crippen molar-refractivity contribution in [2.75, 3.05) is 6.26 Å². The van der Waals surface area contributed by atoms with Crippen LogP contribution in [0.3, 0.4) is 0 Å². The summed E-state index contributed by atoms with van der Waals surface area (Å²) in [6.07, 6.45) is -9.28. The van der Waals surface area contributed by atoms with Crippen LogP contribution in [0.4, 0.5) is 32.0 Å². The molecule has 2 aromatic carbocycles. The summed E-state index contributed by atoms with van der Waals surface area (Å²) in [4.78, 5) is 27.3. The molecule has 3 aromatic rings. The van der Waals surface area contributed by atoms with Crippen molar-refractivity contribution in [1.82, 2.24) is 9.97 Å². The minimum atomic E-state index is -5.46. The summed E-state index contributed by atoms with van der Waals surface area (Å²) in [5.41, 5.74) is -7.53. The maximum absolute atomic E-state index is 13.2. The number of aromatic amines is 1. The Morgan fingerprint density at radius 1 is 1.08 bits per heavy atom. The molecular weight excluding hydrogens is 570 g/mol. The van der Waals surface area contributed by atoms with Crippen molar-refractivity contribution >= 4 is 27.6 Å². The van der Waals surface area contributed by atoms with Gasteiger partial charge in [-0.15, -0.1) is 0 Å². The molecular formula is C20H10F6N4O6S2. The highest BCUT2D eigenvalue weighted by Gasteiger charge is 2.39. The van der Waals surface area contributed by atoms with Crippen molar-refractivity contribution in [1.29, 1.82) is 5.26 Å². The average Bonchev–Trinajstić information content (AvgIpc) is 2.82. The van der Waals surface area contributed by atoms with Gasteiger partial charge in [0, 0.05) is 12.1 Å². The molecule has 10 nitrogen and oxygen atoms in total. The lowest BCUT2D eigenvalue weighted by molar-refractivity contribution is -0.384. The van der Waals surface area contributed by atoms with Crippen LogP contribution in [0.1, 0.15) is 16.7 Å². The van der Waals surface area contributed by atoms with Gasteiger partial charge in [-0.3, -0.25) is 14.9 Å². The molecule has 0 radical (unpaired) electrons. The maximum Gasteiger partial charge on any atom is 0.416 e. The van der Waals surface area contributed by atoms with Gasteiger partial charge < -0.3 is 9.17 Å². The summed E-state index contributed by atoms with van der Waals surface area (Å²) >= 11 is 0.863. The average molecular weight is 580 g/mol. The van der Waals surface area contributed by atoms with Crippen molar-refractivity contribution < 1.29 is 43.9 Å². The van der Waals surface area contributed by atoms with Gasteiger partial charge in [0.15, 0.2) is 10.9 Å². The van der Waals surface area contributed by atoms with E-state index in [0.717, 1.165) is 17.8 Å². The van der Waals surface area contributed by atoms with E-state index in [2.05, 4.69) is 9.97 Å². The number of alkyl halides is 6. The van der Waals surface area contributed by atoms with Crippen LogP contribution in [0.2, 0.25) is 0 Å². The Labute approximate surface area is 212 Å². The van der Waals surface area contributed by atoms with Crippen LogP contribution in [0.25, 0.3) is 11.3 Å². The molecule has 0 amide bonds. The second-order valence-corrected chi connectivity index (χ2v) is 9.47. The molecule has 0 aliphatic heterocycles. The van der Waals surface area contributed by atoms with E-state index >= 15 is 0 Å². The van der Waals surface area contributed by atoms with Crippen LogP contribution >= 0.6 is 11.8 Å². The first kappa shape index (κ1) is 28.5. The van der Waals surface area contributed by atoms with Crippen LogP contribution in [-0.4, -0.2) is 29.6 Å². The van der Waals surface area contributed by atoms with Crippen LogP contribution < -0.4 is 9.74 Å². The fraction of sp³-hybridized carbons (Fsp3) is 0.150. The smallest absolute Gasteiger partial charge is 0.378 e. The highest BCUT2D eigenvalue weighted by Crippen LogP contribution is 2.39. The van der Waals surface area contributed by atoms with Crippen LogP contribution in [0.15, 0.2) is 51.2 Å². The zero-order valence-corrected chi connectivity index (χ0v) is 20.0. The van der Waals surface area contributed by atoms with Gasteiger partial charge in [-0.2, -0.15) is 40.0 Å². The van der Waals surface area contributed by atoms with Gasteiger partial charge in [0.1, 0.15) is 22.2 Å². The molecule has 1 heterocycles. The van der Waals surface area contributed by atoms with Crippen molar-refractivity contribution in [3.05, 3.63) is 73.6 Å². The molecule has 200 valence electrons. The van der Waals surface area contributed by atoms with Crippen LogP contribution in [0, 0.1) is 21.4 Å². The molecule has 0 spiro atoms. The highest BCUT2D eigenvalue weighted by molar-refractivity contribution is 7.98. The predicted octanol–water partition coefficient (Wildman–Crippen LogP) is 4.74. The molecule has 0 aliphatic carbocycles. The summed E-state index contributed by atoms with van der Waals surface area (Å²) < 4.78 is 110. The Bertz CT molecular complexity index is 1610. The Morgan fingerprint density at radius 2 is 1.66 bits per heavy atom. The summed E-state index contributed by atoms with van der Waals surface area (Å²) in [6.45, 7) is 0. The minimum absolute atomic E-state index is 0.0896. The Kier molecular flexibility index (Phi) is 7.48. The third kappa shape index (κ3) is 5.89. The number of nitrogens with zero attached hydrogens (tertiary/aromatic N) is 3. The summed E-state index contributed by atoms with van der Waals surface area (Å²) in [5.74, 6) is -0.872. The second-order valence-electron chi connectivity index (χ2n) is 7.13. The van der Waals surface area contributed by atoms with E-state index in [0.29, 0.717) is 12.1 Å². The molecule has 1 N–H and O–H groups in total. The highest BCUT2D eigenvalue weighted by atomic mass is 32.2. The third-order valence-electron chi connectivity index (χ3n) is 4.68. The van der Waals surface area contributed by atoms with Gasteiger partial charge >= 0.3 is 22.5 Å². The molecule has 0 unspecified atom stereocenters. The lowest BCUT2D eigenvalue weighted by Crippen LogP contribution is -2.17. The zero-order valence-electron chi connectivity index (χ0n) is 18.3. The summed E-state index contributed by atoms with van der Waals surface area (Å²) in [6, 6.07) is 3.08. The molecule has 0 fully saturated rings. The number of hydrogen-bond acceptors (Lipinski definition) is 9. The number of nitro benzene ring substituents is 1. The molecule has 38 heavy (non-hydrogen) atoms. The molecule has 0 bridgehead atoms. The minimum Gasteiger partial charge on any atom is -0.378 e. The molecule has 18 heteroatoms. The Balaban J connectivity index is 2.28. The van der Waals surface area contributed by atoms with Crippen molar-refractivity contribution in [3.8, 4) is 23.1 Å². The lowest BCUT2D eigenvalue weighted by Gasteiger charge is -2.16. The first-order chi connectivity index (χ1) is 17.5. The number of nitro groups is 1. The normalized spacial score (nSPS) is 12.2. The fourth-order valence-electron chi connectivity index (χ4n) is 2.97. The first-order valence-electron chi connectivity index (χ1n) is 9.59. The SMILES string of the molecule is CSc1nc(-c2cc([N+](=O)[O-])ccc2OS(=O)(=O)c2cc(C(F)(F)F)cc(C(F)(F)F)c2)c(C#N)c(=O)[nH]1. The van der Waals surface area contributed by atoms with Crippen LogP contribution in [0.5, 0.6) is 5.75 Å². The van der Waals surface area contributed by atoms with Gasteiger partial charge in [-0.05, 0) is 30.5 Å². The van der Waals surface area contributed by atoms with E-state index in [-0.39, 0.29) is 23.4 Å². The molecule has 0 aliphatic rings. The molecule has 0 atom stereocenters. The van der Waals surface area contributed by atoms with Gasteiger partial charge in [-0.1, -0.05) is 11.8 Å². The first-order valence-corrected chi connectivity index (χ1v) is 12.2. The second kappa shape index (κ2) is 9.98. The number of nitriles is 1. The van der Waals surface area contributed by atoms with Crippen LogP contribution in [-0.2, 0) is 22.5 Å². The number of thioether (sulfide) groups is 1. The van der Waals surface area contributed by atoms with E-state index in [1.165, 1.54) is 12.3 Å². The van der Waals surface area contributed by atoms with Gasteiger partial charge in [0.05, 0.1) is 21.6 Å². The molecule has 0 saturated heterocycles. The van der Waals surface area contributed by atoms with E-state index < -0.39 is 77.2 Å². The Morgan fingerprint density at radius 3 is 2.13 bits per heavy atom. The van der Waals surface area contributed by atoms with Crippen molar-refractivity contribution in [2.45, 2.75) is 22.4 Å². The zero-order chi connectivity index (χ0) is 28.6. The summed E-state index contributed by atoms with van der Waals surface area (Å²) in [5, 5.41) is 20.6. The fourth-order valence-corrected chi connectivity index (χ4v) is 4.37. The quantitative estimate of drug-likeness (QED) is 0.109. The molecule has 1 aromatic heterocycles. The number of halogens is 6. The summed E-state index contributed by atoms with van der Waals surface area (Å²) in [7, 11) is -5.46.